The molecule has 120 valence electrons. The first-order valence-electron chi connectivity index (χ1n) is 5.73. The molecule has 0 aromatic carbocycles. The Kier molecular flexibility index (Phi) is 5.44. The molecule has 0 atom stereocenters. The number of ether oxygens (including phenoxy) is 1. The van der Waals surface area contributed by atoms with Crippen LogP contribution in [0.25, 0.3) is 0 Å². The lowest BCUT2D eigenvalue weighted by Gasteiger charge is -2.18. The number of methoxy groups -OCH3 is 1. The van der Waals surface area contributed by atoms with E-state index in [0.717, 1.165) is 20.4 Å². The van der Waals surface area contributed by atoms with Gasteiger partial charge in [-0.1, -0.05) is 0 Å². The SMILES string of the molecule is COC(=O)CC(=O)ON(C)C(=O)c1cnccc1C(F)(F)F. The molecule has 0 unspecified atom stereocenters. The topological polar surface area (TPSA) is 85.8 Å². The predicted molar refractivity (Wildman–Crippen MR) is 64.1 cm³/mol. The van der Waals surface area contributed by atoms with Gasteiger partial charge in [0.05, 0.1) is 18.2 Å². The molecule has 0 radical (unpaired) electrons. The van der Waals surface area contributed by atoms with Gasteiger partial charge in [-0.3, -0.25) is 14.6 Å². The Morgan fingerprint density at radius 2 is 1.91 bits per heavy atom. The van der Waals surface area contributed by atoms with Crippen molar-refractivity contribution in [2.24, 2.45) is 0 Å². The van der Waals surface area contributed by atoms with Crippen LogP contribution in [0.5, 0.6) is 0 Å². The lowest BCUT2D eigenvalue weighted by molar-refractivity contribution is -0.176. The molecule has 0 aliphatic carbocycles. The second-order valence-electron chi connectivity index (χ2n) is 3.94. The van der Waals surface area contributed by atoms with Gasteiger partial charge >= 0.3 is 18.1 Å². The highest BCUT2D eigenvalue weighted by atomic mass is 19.4. The lowest BCUT2D eigenvalue weighted by Crippen LogP contribution is -2.32. The number of carbonyl (C=O) groups excluding carboxylic acids is 3. The van der Waals surface area contributed by atoms with E-state index in [1.54, 1.807) is 0 Å². The Hall–Kier alpha value is -2.65. The number of carbonyl (C=O) groups is 3. The largest absolute Gasteiger partial charge is 0.469 e. The fourth-order valence-corrected chi connectivity index (χ4v) is 1.40. The van der Waals surface area contributed by atoms with Crippen molar-refractivity contribution in [2.45, 2.75) is 12.6 Å². The van der Waals surface area contributed by atoms with Crippen LogP contribution in [0.2, 0.25) is 0 Å². The van der Waals surface area contributed by atoms with Gasteiger partial charge in [-0.25, -0.2) is 4.79 Å². The fraction of sp³-hybridized carbons (Fsp3) is 0.333. The van der Waals surface area contributed by atoms with Crippen molar-refractivity contribution in [1.82, 2.24) is 10.0 Å². The molecule has 0 spiro atoms. The fourth-order valence-electron chi connectivity index (χ4n) is 1.40. The molecule has 1 aromatic rings. The first-order chi connectivity index (χ1) is 10.2. The molecule has 0 fully saturated rings. The molecule has 1 rings (SSSR count). The van der Waals surface area contributed by atoms with Crippen LogP contribution >= 0.6 is 0 Å². The number of esters is 1. The Morgan fingerprint density at radius 1 is 1.27 bits per heavy atom. The highest BCUT2D eigenvalue weighted by Crippen LogP contribution is 2.31. The zero-order chi connectivity index (χ0) is 16.9. The molecule has 7 nitrogen and oxygen atoms in total. The summed E-state index contributed by atoms with van der Waals surface area (Å²) in [5.74, 6) is -3.30. The van der Waals surface area contributed by atoms with Crippen LogP contribution in [0.1, 0.15) is 22.3 Å². The van der Waals surface area contributed by atoms with Crippen LogP contribution in [0.15, 0.2) is 18.5 Å². The summed E-state index contributed by atoms with van der Waals surface area (Å²) in [6, 6.07) is 0.622. The number of halogens is 3. The van der Waals surface area contributed by atoms with Crippen LogP contribution < -0.4 is 0 Å². The molecule has 1 heterocycles. The van der Waals surface area contributed by atoms with Gasteiger partial charge in [-0.2, -0.15) is 18.2 Å². The molecule has 22 heavy (non-hydrogen) atoms. The van der Waals surface area contributed by atoms with Crippen molar-refractivity contribution in [1.29, 1.82) is 0 Å². The molecule has 0 aliphatic heterocycles. The van der Waals surface area contributed by atoms with Gasteiger partial charge < -0.3 is 9.57 Å². The summed E-state index contributed by atoms with van der Waals surface area (Å²) in [4.78, 5) is 41.9. The minimum atomic E-state index is -4.77. The summed E-state index contributed by atoms with van der Waals surface area (Å²) in [5.41, 5.74) is -2.01. The molecule has 1 aromatic heterocycles. The zero-order valence-corrected chi connectivity index (χ0v) is 11.5. The van der Waals surface area contributed by atoms with Crippen molar-refractivity contribution in [3.63, 3.8) is 0 Å². The number of alkyl halides is 3. The summed E-state index contributed by atoms with van der Waals surface area (Å²) < 4.78 is 42.6. The van der Waals surface area contributed by atoms with Gasteiger partial charge in [-0.05, 0) is 6.07 Å². The van der Waals surface area contributed by atoms with E-state index in [4.69, 9.17) is 0 Å². The zero-order valence-electron chi connectivity index (χ0n) is 11.5. The molecule has 10 heteroatoms. The number of pyridine rings is 1. The van der Waals surface area contributed by atoms with Crippen LogP contribution in [0.4, 0.5) is 13.2 Å². The van der Waals surface area contributed by atoms with Gasteiger partial charge in [0.1, 0.15) is 6.42 Å². The van der Waals surface area contributed by atoms with E-state index in [-0.39, 0.29) is 5.06 Å². The Balaban J connectivity index is 2.88. The summed E-state index contributed by atoms with van der Waals surface area (Å²) in [5, 5.41) is 0.289. The van der Waals surface area contributed by atoms with E-state index >= 15 is 0 Å². The molecular formula is C12H11F3N2O5. The third kappa shape index (κ3) is 4.43. The molecule has 0 N–H and O–H groups in total. The minimum absolute atomic E-state index is 0.289. The molecule has 0 bridgehead atoms. The van der Waals surface area contributed by atoms with E-state index < -0.39 is 41.6 Å². The van der Waals surface area contributed by atoms with Crippen molar-refractivity contribution in [2.75, 3.05) is 14.2 Å². The van der Waals surface area contributed by atoms with E-state index in [0.29, 0.717) is 12.3 Å². The number of nitrogens with zero attached hydrogens (tertiary/aromatic N) is 2. The van der Waals surface area contributed by atoms with Crippen molar-refractivity contribution >= 4 is 17.8 Å². The van der Waals surface area contributed by atoms with E-state index in [1.165, 1.54) is 0 Å². The van der Waals surface area contributed by atoms with E-state index in [9.17, 15) is 27.6 Å². The molecule has 0 saturated carbocycles. The number of amides is 1. The highest BCUT2D eigenvalue weighted by Gasteiger charge is 2.36. The number of hydrogen-bond acceptors (Lipinski definition) is 6. The van der Waals surface area contributed by atoms with Crippen LogP contribution in [0, 0.1) is 0 Å². The first-order valence-corrected chi connectivity index (χ1v) is 5.73. The summed E-state index contributed by atoms with van der Waals surface area (Å²) in [6.45, 7) is 0. The highest BCUT2D eigenvalue weighted by molar-refractivity contribution is 5.96. The van der Waals surface area contributed by atoms with Gasteiger partial charge in [0.2, 0.25) is 0 Å². The smallest absolute Gasteiger partial charge is 0.417 e. The molecule has 1 amide bonds. The summed E-state index contributed by atoms with van der Waals surface area (Å²) in [7, 11) is 1.97. The van der Waals surface area contributed by atoms with Crippen LogP contribution in [0.3, 0.4) is 0 Å². The average molecular weight is 320 g/mol. The molecule has 0 aliphatic rings. The van der Waals surface area contributed by atoms with Crippen LogP contribution in [-0.4, -0.2) is 42.1 Å². The Morgan fingerprint density at radius 3 is 2.45 bits per heavy atom. The second-order valence-corrected chi connectivity index (χ2v) is 3.94. The third-order valence-corrected chi connectivity index (χ3v) is 2.40. The van der Waals surface area contributed by atoms with E-state index in [1.807, 2.05) is 0 Å². The quantitative estimate of drug-likeness (QED) is 0.472. The van der Waals surface area contributed by atoms with Gasteiger partial charge in [0.25, 0.3) is 5.91 Å². The lowest BCUT2D eigenvalue weighted by atomic mass is 10.1. The normalized spacial score (nSPS) is 10.8. The maximum atomic E-state index is 12.8. The predicted octanol–water partition coefficient (Wildman–Crippen LogP) is 1.19. The maximum Gasteiger partial charge on any atom is 0.417 e. The molecular weight excluding hydrogens is 309 g/mol. The number of aromatic nitrogens is 1. The second kappa shape index (κ2) is 6.87. The van der Waals surface area contributed by atoms with Gasteiger partial charge in [-0.15, -0.1) is 0 Å². The monoisotopic (exact) mass is 320 g/mol. The third-order valence-electron chi connectivity index (χ3n) is 2.40. The number of rotatable bonds is 3. The summed E-state index contributed by atoms with van der Waals surface area (Å²) in [6.07, 6.45) is -3.98. The first kappa shape index (κ1) is 17.4. The standard InChI is InChI=1S/C12H11F3N2O5/c1-17(22-10(19)5-9(18)21-2)11(20)7-6-16-4-3-8(7)12(13,14)15/h3-4,6H,5H2,1-2H3. The van der Waals surface area contributed by atoms with Crippen molar-refractivity contribution in [3.05, 3.63) is 29.6 Å². The van der Waals surface area contributed by atoms with Crippen molar-refractivity contribution < 1.29 is 37.1 Å². The molecule has 0 saturated heterocycles. The van der Waals surface area contributed by atoms with Gasteiger partial charge in [0, 0.05) is 19.4 Å². The number of hydrogen-bond donors (Lipinski definition) is 0. The van der Waals surface area contributed by atoms with E-state index in [2.05, 4.69) is 14.6 Å². The Labute approximate surface area is 122 Å². The average Bonchev–Trinajstić information content (AvgIpc) is 2.45. The number of hydroxylamine groups is 2. The summed E-state index contributed by atoms with van der Waals surface area (Å²) >= 11 is 0. The van der Waals surface area contributed by atoms with Crippen molar-refractivity contribution in [3.8, 4) is 0 Å². The Bertz CT molecular complexity index is 588. The van der Waals surface area contributed by atoms with Crippen LogP contribution in [-0.2, 0) is 25.3 Å². The maximum absolute atomic E-state index is 12.8. The minimum Gasteiger partial charge on any atom is -0.469 e. The van der Waals surface area contributed by atoms with Gasteiger partial charge in [0.15, 0.2) is 0 Å².